The Kier molecular flexibility index (Phi) is 5.65. The van der Waals surface area contributed by atoms with E-state index in [1.165, 1.54) is 11.8 Å². The van der Waals surface area contributed by atoms with Crippen molar-refractivity contribution in [1.82, 2.24) is 5.32 Å². The van der Waals surface area contributed by atoms with E-state index in [1.54, 1.807) is 0 Å². The van der Waals surface area contributed by atoms with Crippen LogP contribution in [-0.4, -0.2) is 16.8 Å². The summed E-state index contributed by atoms with van der Waals surface area (Å²) in [6, 6.07) is 17.4. The van der Waals surface area contributed by atoms with E-state index in [9.17, 15) is 4.79 Å². The minimum atomic E-state index is 0.0186. The van der Waals surface area contributed by atoms with Gasteiger partial charge in [0.1, 0.15) is 0 Å². The molecule has 0 spiro atoms. The Morgan fingerprint density at radius 2 is 1.65 bits per heavy atom. The summed E-state index contributed by atoms with van der Waals surface area (Å²) < 4.78 is 0. The fourth-order valence-electron chi connectivity index (χ4n) is 1.68. The summed E-state index contributed by atoms with van der Waals surface area (Å²) in [4.78, 5) is 12.8. The molecular formula is C16H17NO2S. The molecule has 104 valence electrons. The zero-order valence-electron chi connectivity index (χ0n) is 11.1. The van der Waals surface area contributed by atoms with Crippen molar-refractivity contribution in [1.29, 1.82) is 0 Å². The van der Waals surface area contributed by atoms with E-state index in [0.29, 0.717) is 12.3 Å². The van der Waals surface area contributed by atoms with Gasteiger partial charge in [-0.05, 0) is 23.3 Å². The van der Waals surface area contributed by atoms with E-state index in [-0.39, 0.29) is 12.5 Å². The van der Waals surface area contributed by atoms with E-state index in [1.807, 2.05) is 54.6 Å². The van der Waals surface area contributed by atoms with Crippen molar-refractivity contribution in [2.24, 2.45) is 0 Å². The maximum absolute atomic E-state index is 11.7. The van der Waals surface area contributed by atoms with E-state index in [2.05, 4.69) is 5.32 Å². The smallest absolute Gasteiger partial charge is 0.230 e. The molecule has 0 bridgehead atoms. The Hall–Kier alpha value is -1.78. The molecule has 0 unspecified atom stereocenters. The number of aliphatic hydroxyl groups is 1. The molecule has 2 aromatic carbocycles. The normalized spacial score (nSPS) is 10.2. The van der Waals surface area contributed by atoms with Crippen LogP contribution in [0.1, 0.15) is 11.1 Å². The lowest BCUT2D eigenvalue weighted by Gasteiger charge is -2.06. The summed E-state index contributed by atoms with van der Waals surface area (Å²) in [6.07, 6.45) is 0. The molecule has 2 rings (SSSR count). The average Bonchev–Trinajstić information content (AvgIpc) is 2.52. The third-order valence-electron chi connectivity index (χ3n) is 2.81. The second kappa shape index (κ2) is 7.72. The highest BCUT2D eigenvalue weighted by atomic mass is 32.2. The van der Waals surface area contributed by atoms with Gasteiger partial charge in [0, 0.05) is 11.4 Å². The molecule has 3 nitrogen and oxygen atoms in total. The Morgan fingerprint density at radius 1 is 1.00 bits per heavy atom. The van der Waals surface area contributed by atoms with Gasteiger partial charge in [-0.15, -0.1) is 11.8 Å². The molecule has 0 fully saturated rings. The Bertz CT molecular complexity index is 540. The fraction of sp³-hybridized carbons (Fsp3) is 0.188. The largest absolute Gasteiger partial charge is 0.392 e. The van der Waals surface area contributed by atoms with Crippen molar-refractivity contribution in [3.8, 4) is 0 Å². The van der Waals surface area contributed by atoms with Gasteiger partial charge < -0.3 is 10.4 Å². The van der Waals surface area contributed by atoms with Crippen molar-refractivity contribution in [3.05, 3.63) is 65.7 Å². The van der Waals surface area contributed by atoms with Gasteiger partial charge in [0.05, 0.1) is 12.4 Å². The van der Waals surface area contributed by atoms with E-state index >= 15 is 0 Å². The summed E-state index contributed by atoms with van der Waals surface area (Å²) >= 11 is 1.52. The number of benzene rings is 2. The molecule has 0 aliphatic heterocycles. The zero-order chi connectivity index (χ0) is 14.2. The first-order valence-electron chi connectivity index (χ1n) is 6.41. The highest BCUT2D eigenvalue weighted by Crippen LogP contribution is 2.16. The van der Waals surface area contributed by atoms with Crippen LogP contribution in [0, 0.1) is 0 Å². The van der Waals surface area contributed by atoms with Crippen molar-refractivity contribution in [2.45, 2.75) is 18.0 Å². The number of hydrogen-bond donors (Lipinski definition) is 2. The number of carbonyl (C=O) groups excluding carboxylic acids is 1. The zero-order valence-corrected chi connectivity index (χ0v) is 11.9. The summed E-state index contributed by atoms with van der Waals surface area (Å²) in [5.41, 5.74) is 1.90. The molecule has 2 aromatic rings. The summed E-state index contributed by atoms with van der Waals surface area (Å²) in [5, 5.41) is 11.8. The van der Waals surface area contributed by atoms with E-state index in [0.717, 1.165) is 16.0 Å². The van der Waals surface area contributed by atoms with Crippen LogP contribution in [0.5, 0.6) is 0 Å². The molecule has 0 aliphatic rings. The van der Waals surface area contributed by atoms with Crippen molar-refractivity contribution in [2.75, 3.05) is 5.75 Å². The number of amides is 1. The van der Waals surface area contributed by atoms with Gasteiger partial charge >= 0.3 is 0 Å². The summed E-state index contributed by atoms with van der Waals surface area (Å²) in [6.45, 7) is 0.556. The van der Waals surface area contributed by atoms with Crippen LogP contribution in [0.25, 0.3) is 0 Å². The van der Waals surface area contributed by atoms with Crippen LogP contribution in [0.15, 0.2) is 59.5 Å². The molecule has 0 atom stereocenters. The number of nitrogens with one attached hydrogen (secondary N) is 1. The minimum absolute atomic E-state index is 0.0186. The van der Waals surface area contributed by atoms with E-state index in [4.69, 9.17) is 5.11 Å². The number of hydrogen-bond acceptors (Lipinski definition) is 3. The van der Waals surface area contributed by atoms with Crippen LogP contribution in [0.3, 0.4) is 0 Å². The average molecular weight is 287 g/mol. The molecule has 0 heterocycles. The predicted octanol–water partition coefficient (Wildman–Crippen LogP) is 2.59. The first-order chi connectivity index (χ1) is 9.78. The lowest BCUT2D eigenvalue weighted by Crippen LogP contribution is -2.24. The van der Waals surface area contributed by atoms with Gasteiger partial charge in [0.15, 0.2) is 0 Å². The number of thioether (sulfide) groups is 1. The minimum Gasteiger partial charge on any atom is -0.392 e. The van der Waals surface area contributed by atoms with Crippen LogP contribution in [0.4, 0.5) is 0 Å². The molecule has 0 saturated heterocycles. The quantitative estimate of drug-likeness (QED) is 0.803. The van der Waals surface area contributed by atoms with Gasteiger partial charge in [-0.3, -0.25) is 4.79 Å². The summed E-state index contributed by atoms with van der Waals surface area (Å²) in [5.74, 6) is 0.434. The Labute approximate surface area is 123 Å². The number of rotatable bonds is 6. The van der Waals surface area contributed by atoms with Gasteiger partial charge in [-0.25, -0.2) is 0 Å². The number of aliphatic hydroxyl groups excluding tert-OH is 1. The molecule has 1 amide bonds. The lowest BCUT2D eigenvalue weighted by atomic mass is 10.1. The number of carbonyl (C=O) groups is 1. The van der Waals surface area contributed by atoms with Crippen LogP contribution in [0.2, 0.25) is 0 Å². The molecule has 4 heteroatoms. The predicted molar refractivity (Wildman–Crippen MR) is 81.4 cm³/mol. The van der Waals surface area contributed by atoms with Crippen LogP contribution in [-0.2, 0) is 17.9 Å². The second-order valence-corrected chi connectivity index (χ2v) is 5.40. The Balaban J connectivity index is 1.74. The Morgan fingerprint density at radius 3 is 2.30 bits per heavy atom. The molecule has 2 N–H and O–H groups in total. The molecule has 0 saturated carbocycles. The van der Waals surface area contributed by atoms with Gasteiger partial charge in [0.2, 0.25) is 5.91 Å². The van der Waals surface area contributed by atoms with Crippen LogP contribution < -0.4 is 5.32 Å². The maximum atomic E-state index is 11.7. The van der Waals surface area contributed by atoms with Gasteiger partial charge in [-0.1, -0.05) is 42.5 Å². The van der Waals surface area contributed by atoms with Crippen molar-refractivity contribution >= 4 is 17.7 Å². The van der Waals surface area contributed by atoms with Crippen LogP contribution >= 0.6 is 11.8 Å². The van der Waals surface area contributed by atoms with Gasteiger partial charge in [0.25, 0.3) is 0 Å². The highest BCUT2D eigenvalue weighted by molar-refractivity contribution is 8.00. The molecule has 20 heavy (non-hydrogen) atoms. The molecule has 0 radical (unpaired) electrons. The first-order valence-corrected chi connectivity index (χ1v) is 7.40. The van der Waals surface area contributed by atoms with E-state index < -0.39 is 0 Å². The molecule has 0 aromatic heterocycles. The van der Waals surface area contributed by atoms with Gasteiger partial charge in [-0.2, -0.15) is 0 Å². The third kappa shape index (κ3) is 4.72. The third-order valence-corrected chi connectivity index (χ3v) is 3.82. The summed E-state index contributed by atoms with van der Waals surface area (Å²) in [7, 11) is 0. The molecule has 0 aliphatic carbocycles. The lowest BCUT2D eigenvalue weighted by molar-refractivity contribution is -0.118. The van der Waals surface area contributed by atoms with Crippen molar-refractivity contribution in [3.63, 3.8) is 0 Å². The molecular weight excluding hydrogens is 270 g/mol. The SMILES string of the molecule is O=C(CSc1ccccc1)NCc1ccc(CO)cc1. The highest BCUT2D eigenvalue weighted by Gasteiger charge is 2.02. The topological polar surface area (TPSA) is 49.3 Å². The first kappa shape index (κ1) is 14.6. The monoisotopic (exact) mass is 287 g/mol. The fourth-order valence-corrected chi connectivity index (χ4v) is 2.43. The van der Waals surface area contributed by atoms with Crippen molar-refractivity contribution < 1.29 is 9.90 Å². The second-order valence-electron chi connectivity index (χ2n) is 4.35. The standard InChI is InChI=1S/C16H17NO2S/c18-11-14-8-6-13(7-9-14)10-17-16(19)12-20-15-4-2-1-3-5-15/h1-9,18H,10-12H2,(H,17,19). The maximum Gasteiger partial charge on any atom is 0.230 e.